The molecule has 0 saturated carbocycles. The quantitative estimate of drug-likeness (QED) is 0.327. The van der Waals surface area contributed by atoms with Gasteiger partial charge in [0.15, 0.2) is 6.61 Å². The number of esters is 1. The molecule has 0 aromatic heterocycles. The van der Waals surface area contributed by atoms with Gasteiger partial charge in [-0.1, -0.05) is 62.4 Å². The third-order valence-electron chi connectivity index (χ3n) is 4.51. The van der Waals surface area contributed by atoms with E-state index >= 15 is 0 Å². The minimum absolute atomic E-state index is 0.0503. The first kappa shape index (κ1) is 23.9. The number of benzene rings is 2. The summed E-state index contributed by atoms with van der Waals surface area (Å²) in [7, 11) is 0. The number of aryl methyl sites for hydroxylation is 1. The van der Waals surface area contributed by atoms with Crippen LogP contribution in [0.25, 0.3) is 0 Å². The Kier molecular flexibility index (Phi) is 10.1. The lowest BCUT2D eigenvalue weighted by Gasteiger charge is -2.14. The number of carbonyl (C=O) groups excluding carboxylic acids is 3. The van der Waals surface area contributed by atoms with Crippen LogP contribution in [-0.2, 0) is 25.5 Å². The first-order chi connectivity index (χ1) is 15.0. The van der Waals surface area contributed by atoms with Gasteiger partial charge in [-0.3, -0.25) is 25.2 Å². The van der Waals surface area contributed by atoms with Crippen LogP contribution < -0.4 is 15.6 Å². The van der Waals surface area contributed by atoms with Gasteiger partial charge < -0.3 is 9.47 Å². The molecule has 0 aliphatic heterocycles. The second-order valence-corrected chi connectivity index (χ2v) is 7.39. The molecule has 0 radical (unpaired) electrons. The van der Waals surface area contributed by atoms with Crippen molar-refractivity contribution in [1.29, 1.82) is 0 Å². The monoisotopic (exact) mass is 426 g/mol. The van der Waals surface area contributed by atoms with E-state index in [1.165, 1.54) is 5.56 Å². The molecular formula is C24H30N2O5. The lowest BCUT2D eigenvalue weighted by Crippen LogP contribution is -2.43. The molecular weight excluding hydrogens is 396 g/mol. The Labute approximate surface area is 183 Å². The number of hydrogen-bond donors (Lipinski definition) is 2. The highest BCUT2D eigenvalue weighted by atomic mass is 16.5. The summed E-state index contributed by atoms with van der Waals surface area (Å²) < 4.78 is 10.7. The Hall–Kier alpha value is -3.35. The number of carbonyl (C=O) groups is 3. The van der Waals surface area contributed by atoms with E-state index in [1.54, 1.807) is 6.07 Å². The van der Waals surface area contributed by atoms with Crippen LogP contribution in [0.4, 0.5) is 0 Å². The maximum Gasteiger partial charge on any atom is 0.306 e. The van der Waals surface area contributed by atoms with Gasteiger partial charge in [-0.25, -0.2) is 0 Å². The molecule has 0 unspecified atom stereocenters. The van der Waals surface area contributed by atoms with Crippen LogP contribution >= 0.6 is 0 Å². The molecule has 0 aliphatic rings. The van der Waals surface area contributed by atoms with Gasteiger partial charge in [-0.2, -0.15) is 0 Å². The standard InChI is InChI=1S/C24H30N2O5/c1-18(2)20-12-6-7-13-21(20)31-17-23(28)26-25-22(27)14-15-24(29)30-16-8-11-19-9-4-3-5-10-19/h3-7,9-10,12-13,18H,8,11,14-17H2,1-2H3,(H,25,27)(H,26,28). The Morgan fingerprint density at radius 2 is 1.55 bits per heavy atom. The van der Waals surface area contributed by atoms with Gasteiger partial charge >= 0.3 is 5.97 Å². The highest BCUT2D eigenvalue weighted by Gasteiger charge is 2.11. The molecule has 2 aromatic carbocycles. The molecule has 0 atom stereocenters. The van der Waals surface area contributed by atoms with Crippen LogP contribution in [0, 0.1) is 0 Å². The molecule has 31 heavy (non-hydrogen) atoms. The zero-order chi connectivity index (χ0) is 22.5. The number of hydrazine groups is 1. The van der Waals surface area contributed by atoms with Gasteiger partial charge in [0, 0.05) is 6.42 Å². The Morgan fingerprint density at radius 1 is 0.871 bits per heavy atom. The third-order valence-corrected chi connectivity index (χ3v) is 4.51. The summed E-state index contributed by atoms with van der Waals surface area (Å²) in [4.78, 5) is 35.4. The largest absolute Gasteiger partial charge is 0.483 e. The Balaban J connectivity index is 1.56. The number of rotatable bonds is 11. The molecule has 7 nitrogen and oxygen atoms in total. The van der Waals surface area contributed by atoms with E-state index in [-0.39, 0.29) is 25.4 Å². The third kappa shape index (κ3) is 9.33. The van der Waals surface area contributed by atoms with Crippen LogP contribution in [0.1, 0.15) is 50.2 Å². The number of hydrogen-bond acceptors (Lipinski definition) is 5. The smallest absolute Gasteiger partial charge is 0.306 e. The van der Waals surface area contributed by atoms with Crippen molar-refractivity contribution in [2.24, 2.45) is 0 Å². The number of amides is 2. The molecule has 7 heteroatoms. The lowest BCUT2D eigenvalue weighted by atomic mass is 10.0. The van der Waals surface area contributed by atoms with E-state index < -0.39 is 17.8 Å². The number of nitrogens with one attached hydrogen (secondary N) is 2. The fourth-order valence-electron chi connectivity index (χ4n) is 2.86. The molecule has 0 fully saturated rings. The van der Waals surface area contributed by atoms with Gasteiger partial charge in [0.1, 0.15) is 5.75 Å². The molecule has 2 rings (SSSR count). The van der Waals surface area contributed by atoms with E-state index in [0.717, 1.165) is 18.4 Å². The zero-order valence-electron chi connectivity index (χ0n) is 18.1. The zero-order valence-corrected chi connectivity index (χ0v) is 18.1. The maximum atomic E-state index is 11.9. The molecule has 0 bridgehead atoms. The summed E-state index contributed by atoms with van der Waals surface area (Å²) in [5.41, 5.74) is 6.74. The molecule has 0 aliphatic carbocycles. The summed E-state index contributed by atoms with van der Waals surface area (Å²) in [5.74, 6) is -0.512. The molecule has 2 N–H and O–H groups in total. The van der Waals surface area contributed by atoms with Crippen LogP contribution in [-0.4, -0.2) is 31.0 Å². The number of para-hydroxylation sites is 1. The van der Waals surface area contributed by atoms with Crippen LogP contribution in [0.5, 0.6) is 5.75 Å². The minimum atomic E-state index is -0.490. The van der Waals surface area contributed by atoms with Crippen LogP contribution in [0.3, 0.4) is 0 Å². The molecule has 166 valence electrons. The Morgan fingerprint density at radius 3 is 2.29 bits per heavy atom. The maximum absolute atomic E-state index is 11.9. The fourth-order valence-corrected chi connectivity index (χ4v) is 2.86. The van der Waals surface area contributed by atoms with E-state index in [9.17, 15) is 14.4 Å². The molecule has 0 spiro atoms. The van der Waals surface area contributed by atoms with E-state index in [1.807, 2.05) is 62.4 Å². The van der Waals surface area contributed by atoms with Crippen molar-refractivity contribution in [2.75, 3.05) is 13.2 Å². The summed E-state index contributed by atoms with van der Waals surface area (Å²) in [6.07, 6.45) is 1.42. The van der Waals surface area contributed by atoms with Gasteiger partial charge in [-0.05, 0) is 36.0 Å². The second-order valence-electron chi connectivity index (χ2n) is 7.39. The molecule has 0 saturated heterocycles. The van der Waals surface area contributed by atoms with E-state index in [4.69, 9.17) is 9.47 Å². The topological polar surface area (TPSA) is 93.7 Å². The predicted octanol–water partition coefficient (Wildman–Crippen LogP) is 3.29. The van der Waals surface area contributed by atoms with E-state index in [2.05, 4.69) is 10.9 Å². The predicted molar refractivity (Wildman–Crippen MR) is 117 cm³/mol. The molecule has 2 amide bonds. The van der Waals surface area contributed by atoms with Gasteiger partial charge in [0.2, 0.25) is 5.91 Å². The average molecular weight is 427 g/mol. The van der Waals surface area contributed by atoms with Crippen molar-refractivity contribution in [3.05, 3.63) is 65.7 Å². The van der Waals surface area contributed by atoms with Crippen molar-refractivity contribution < 1.29 is 23.9 Å². The average Bonchev–Trinajstić information content (AvgIpc) is 2.78. The van der Waals surface area contributed by atoms with Crippen LogP contribution in [0.2, 0.25) is 0 Å². The number of ether oxygens (including phenoxy) is 2. The molecule has 0 heterocycles. The summed E-state index contributed by atoms with van der Waals surface area (Å²) in [5, 5.41) is 0. The first-order valence-electron chi connectivity index (χ1n) is 10.4. The SMILES string of the molecule is CC(C)c1ccccc1OCC(=O)NNC(=O)CCC(=O)OCCCc1ccccc1. The van der Waals surface area contributed by atoms with Crippen molar-refractivity contribution in [3.8, 4) is 5.75 Å². The van der Waals surface area contributed by atoms with Crippen molar-refractivity contribution in [3.63, 3.8) is 0 Å². The Bertz CT molecular complexity index is 852. The van der Waals surface area contributed by atoms with Gasteiger partial charge in [0.05, 0.1) is 13.0 Å². The van der Waals surface area contributed by atoms with E-state index in [0.29, 0.717) is 12.4 Å². The van der Waals surface area contributed by atoms with Gasteiger partial charge in [-0.15, -0.1) is 0 Å². The normalized spacial score (nSPS) is 10.4. The van der Waals surface area contributed by atoms with Crippen LogP contribution in [0.15, 0.2) is 54.6 Å². The fraction of sp³-hybridized carbons (Fsp3) is 0.375. The lowest BCUT2D eigenvalue weighted by molar-refractivity contribution is -0.145. The van der Waals surface area contributed by atoms with Crippen molar-refractivity contribution >= 4 is 17.8 Å². The van der Waals surface area contributed by atoms with Crippen molar-refractivity contribution in [1.82, 2.24) is 10.9 Å². The molecule has 2 aromatic rings. The summed E-state index contributed by atoms with van der Waals surface area (Å²) in [6.45, 7) is 4.16. The van der Waals surface area contributed by atoms with Gasteiger partial charge in [0.25, 0.3) is 5.91 Å². The van der Waals surface area contributed by atoms with Crippen molar-refractivity contribution in [2.45, 2.75) is 45.4 Å². The minimum Gasteiger partial charge on any atom is -0.483 e. The summed E-state index contributed by atoms with van der Waals surface area (Å²) >= 11 is 0. The second kappa shape index (κ2) is 13.1. The highest BCUT2D eigenvalue weighted by molar-refractivity contribution is 5.84. The highest BCUT2D eigenvalue weighted by Crippen LogP contribution is 2.25. The summed E-state index contributed by atoms with van der Waals surface area (Å²) in [6, 6.07) is 17.4. The first-order valence-corrected chi connectivity index (χ1v) is 10.4.